The van der Waals surface area contributed by atoms with Gasteiger partial charge in [0.2, 0.25) is 5.78 Å². The number of hydrogen-bond donors (Lipinski definition) is 1. The number of para-hydroxylation sites is 1. The van der Waals surface area contributed by atoms with Crippen LogP contribution in [-0.4, -0.2) is 53.8 Å². The number of esters is 1. The Morgan fingerprint density at radius 1 is 1.03 bits per heavy atom. The minimum Gasteiger partial charge on any atom is -0.469 e. The molecule has 4 rings (SSSR count). The lowest BCUT2D eigenvalue weighted by Crippen LogP contribution is -2.33. The molecule has 1 aromatic heterocycles. The van der Waals surface area contributed by atoms with E-state index in [1.807, 2.05) is 54.6 Å². The highest BCUT2D eigenvalue weighted by Gasteiger charge is 2.44. The van der Waals surface area contributed by atoms with Gasteiger partial charge in [-0.05, 0) is 45.7 Å². The Bertz CT molecular complexity index is 1340. The van der Waals surface area contributed by atoms with Gasteiger partial charge in [-0.15, -0.1) is 0 Å². The number of nitrogens with zero attached hydrogens (tertiary/aromatic N) is 2. The minimum atomic E-state index is -0.605. The van der Waals surface area contributed by atoms with Crippen LogP contribution >= 0.6 is 0 Å². The molecule has 0 bridgehead atoms. The number of alkyl carbamates (subject to hydrolysis) is 1. The molecule has 0 radical (unpaired) electrons. The summed E-state index contributed by atoms with van der Waals surface area (Å²) in [6.45, 7) is 5.70. The maximum Gasteiger partial charge on any atom is 0.407 e. The average molecular weight is 502 g/mol. The van der Waals surface area contributed by atoms with Crippen LogP contribution in [0.5, 0.6) is 0 Å². The molecule has 1 aliphatic heterocycles. The molecule has 3 aromatic rings. The number of carbonyl (C=O) groups excluding carboxylic acids is 3. The Morgan fingerprint density at radius 2 is 1.73 bits per heavy atom. The summed E-state index contributed by atoms with van der Waals surface area (Å²) in [6.07, 6.45) is 0.391. The fraction of sp³-hybridized carbons (Fsp3) is 0.345. The van der Waals surface area contributed by atoms with Crippen molar-refractivity contribution in [2.24, 2.45) is 10.9 Å². The van der Waals surface area contributed by atoms with E-state index in [0.717, 1.165) is 10.9 Å². The van der Waals surface area contributed by atoms with Crippen molar-refractivity contribution in [3.05, 3.63) is 66.2 Å². The van der Waals surface area contributed by atoms with Crippen LogP contribution in [0.4, 0.5) is 4.79 Å². The van der Waals surface area contributed by atoms with Gasteiger partial charge in [-0.3, -0.25) is 14.6 Å². The summed E-state index contributed by atoms with van der Waals surface area (Å²) in [7, 11) is 1.32. The summed E-state index contributed by atoms with van der Waals surface area (Å²) in [5.41, 5.74) is 2.57. The van der Waals surface area contributed by atoms with Gasteiger partial charge in [-0.25, -0.2) is 9.78 Å². The molecule has 0 fully saturated rings. The lowest BCUT2D eigenvalue weighted by molar-refractivity contribution is -0.145. The van der Waals surface area contributed by atoms with Crippen molar-refractivity contribution >= 4 is 34.5 Å². The number of hydrogen-bond acceptors (Lipinski definition) is 7. The summed E-state index contributed by atoms with van der Waals surface area (Å²) in [5.74, 6) is -1.26. The Labute approximate surface area is 216 Å². The first kappa shape index (κ1) is 26.0. The van der Waals surface area contributed by atoms with E-state index in [1.54, 1.807) is 26.8 Å². The molecular formula is C29H31N3O5. The molecule has 0 saturated heterocycles. The summed E-state index contributed by atoms with van der Waals surface area (Å²) < 4.78 is 10.2. The first-order chi connectivity index (χ1) is 17.7. The number of aromatic nitrogens is 1. The van der Waals surface area contributed by atoms with Crippen LogP contribution in [0, 0.1) is 5.92 Å². The van der Waals surface area contributed by atoms with Crippen molar-refractivity contribution < 1.29 is 23.9 Å². The number of nitrogens with one attached hydrogen (secondary N) is 1. The molecule has 8 heteroatoms. The second-order valence-corrected chi connectivity index (χ2v) is 9.93. The van der Waals surface area contributed by atoms with Gasteiger partial charge < -0.3 is 14.8 Å². The molecule has 0 spiro atoms. The van der Waals surface area contributed by atoms with E-state index in [0.29, 0.717) is 41.9 Å². The van der Waals surface area contributed by atoms with Crippen LogP contribution in [0.2, 0.25) is 0 Å². The third-order valence-corrected chi connectivity index (χ3v) is 6.00. The van der Waals surface area contributed by atoms with Crippen LogP contribution in [0.25, 0.3) is 22.2 Å². The number of rotatable bonds is 9. The molecule has 8 nitrogen and oxygen atoms in total. The van der Waals surface area contributed by atoms with E-state index in [1.165, 1.54) is 7.11 Å². The highest BCUT2D eigenvalue weighted by molar-refractivity contribution is 6.54. The Morgan fingerprint density at radius 3 is 2.43 bits per heavy atom. The van der Waals surface area contributed by atoms with Gasteiger partial charge in [0.15, 0.2) is 0 Å². The van der Waals surface area contributed by atoms with Crippen LogP contribution in [0.3, 0.4) is 0 Å². The molecule has 1 N–H and O–H groups in total. The predicted octanol–water partition coefficient (Wildman–Crippen LogP) is 5.00. The minimum absolute atomic E-state index is 0.221. The van der Waals surface area contributed by atoms with Crippen LogP contribution in [-0.2, 0) is 14.3 Å². The van der Waals surface area contributed by atoms with E-state index in [9.17, 15) is 14.4 Å². The number of amides is 1. The third kappa shape index (κ3) is 6.39. The van der Waals surface area contributed by atoms with E-state index in [4.69, 9.17) is 14.5 Å². The monoisotopic (exact) mass is 501 g/mol. The highest BCUT2D eigenvalue weighted by Crippen LogP contribution is 2.32. The van der Waals surface area contributed by atoms with Crippen LogP contribution < -0.4 is 5.32 Å². The normalized spacial score (nSPS) is 15.5. The molecule has 0 aliphatic carbocycles. The number of fused-ring (bicyclic) bond motifs is 1. The van der Waals surface area contributed by atoms with Crippen molar-refractivity contribution in [2.45, 2.75) is 45.3 Å². The zero-order chi connectivity index (χ0) is 26.6. The fourth-order valence-corrected chi connectivity index (χ4v) is 4.23. The zero-order valence-corrected chi connectivity index (χ0v) is 21.5. The fourth-order valence-electron chi connectivity index (χ4n) is 4.23. The molecule has 1 aliphatic rings. The van der Waals surface area contributed by atoms with Gasteiger partial charge in [0, 0.05) is 23.1 Å². The van der Waals surface area contributed by atoms with Gasteiger partial charge in [0.25, 0.3) is 0 Å². The molecule has 2 unspecified atom stereocenters. The smallest absolute Gasteiger partial charge is 0.407 e. The van der Waals surface area contributed by atoms with E-state index in [2.05, 4.69) is 10.3 Å². The number of carbonyl (C=O) groups is 3. The largest absolute Gasteiger partial charge is 0.469 e. The van der Waals surface area contributed by atoms with Crippen molar-refractivity contribution in [1.82, 2.24) is 10.3 Å². The number of benzene rings is 2. The lowest BCUT2D eigenvalue weighted by Gasteiger charge is -2.20. The van der Waals surface area contributed by atoms with E-state index >= 15 is 0 Å². The average Bonchev–Trinajstić information content (AvgIpc) is 3.67. The second kappa shape index (κ2) is 10.9. The van der Waals surface area contributed by atoms with Crippen molar-refractivity contribution in [3.8, 4) is 11.3 Å². The highest BCUT2D eigenvalue weighted by atomic mass is 16.6. The summed E-state index contributed by atoms with van der Waals surface area (Å²) in [5, 5.41) is 3.42. The third-order valence-electron chi connectivity index (χ3n) is 6.00. The molecule has 2 aromatic carbocycles. The van der Waals surface area contributed by atoms with Gasteiger partial charge >= 0.3 is 12.1 Å². The van der Waals surface area contributed by atoms with Crippen molar-refractivity contribution in [1.29, 1.82) is 0 Å². The van der Waals surface area contributed by atoms with Gasteiger partial charge in [0.05, 0.1) is 24.2 Å². The Balaban J connectivity index is 1.48. The van der Waals surface area contributed by atoms with E-state index in [-0.39, 0.29) is 5.78 Å². The quantitative estimate of drug-likeness (QED) is 0.251. The van der Waals surface area contributed by atoms with Crippen molar-refractivity contribution in [2.75, 3.05) is 13.7 Å². The number of pyridine rings is 1. The molecule has 37 heavy (non-hydrogen) atoms. The summed E-state index contributed by atoms with van der Waals surface area (Å²) in [4.78, 5) is 47.2. The Hall–Kier alpha value is -4.07. The van der Waals surface area contributed by atoms with Gasteiger partial charge in [-0.1, -0.05) is 48.5 Å². The second-order valence-electron chi connectivity index (χ2n) is 9.93. The standard InChI is InChI=1S/C29H31N3O5/c1-29(2,3)37-28(35)30-16-10-14-20(27(34)36-4)24-25(32-24)26(33)21-17-23(18-11-6-5-7-12-18)31-22-15-9-8-13-19(21)22/h5-9,11-13,15,17,20,24H,10,14,16H2,1-4H3,(H,30,35). The topological polar surface area (TPSA) is 107 Å². The van der Waals surface area contributed by atoms with E-state index < -0.39 is 29.6 Å². The molecule has 2 atom stereocenters. The first-order valence-corrected chi connectivity index (χ1v) is 12.3. The lowest BCUT2D eigenvalue weighted by atomic mass is 9.92. The maximum atomic E-state index is 13.6. The number of aliphatic imine (C=N–C) groups is 1. The number of Topliss-reactive ketones (excluding diaryl/α,β-unsaturated/α-hetero) is 1. The zero-order valence-electron chi connectivity index (χ0n) is 21.5. The Kier molecular flexibility index (Phi) is 7.66. The van der Waals surface area contributed by atoms with Gasteiger partial charge in [0.1, 0.15) is 17.4 Å². The van der Waals surface area contributed by atoms with Gasteiger partial charge in [-0.2, -0.15) is 0 Å². The summed E-state index contributed by atoms with van der Waals surface area (Å²) >= 11 is 0. The molecule has 1 amide bonds. The molecule has 2 heterocycles. The molecular weight excluding hydrogens is 470 g/mol. The SMILES string of the molecule is COC(=O)C(CCCNC(=O)OC(C)(C)C)C1N=C1C(=O)c1cc(-c2ccccc2)nc2ccccc12. The van der Waals surface area contributed by atoms with Crippen molar-refractivity contribution in [3.63, 3.8) is 0 Å². The number of methoxy groups -OCH3 is 1. The first-order valence-electron chi connectivity index (χ1n) is 12.3. The molecule has 0 saturated carbocycles. The number of ketones is 1. The summed E-state index contributed by atoms with van der Waals surface area (Å²) in [6, 6.07) is 18.4. The maximum absolute atomic E-state index is 13.6. The number of ether oxygens (including phenoxy) is 2. The predicted molar refractivity (Wildman–Crippen MR) is 142 cm³/mol. The van der Waals surface area contributed by atoms with Crippen LogP contribution in [0.15, 0.2) is 65.7 Å². The van der Waals surface area contributed by atoms with Crippen LogP contribution in [0.1, 0.15) is 44.0 Å². The molecule has 192 valence electrons.